The summed E-state index contributed by atoms with van der Waals surface area (Å²) in [5.41, 5.74) is 0. The van der Waals surface area contributed by atoms with Crippen molar-refractivity contribution in [3.63, 3.8) is 0 Å². The second kappa shape index (κ2) is 8.73. The lowest BCUT2D eigenvalue weighted by molar-refractivity contribution is 0.117. The molecule has 0 bridgehead atoms. The highest BCUT2D eigenvalue weighted by Gasteiger charge is 2.22. The van der Waals surface area contributed by atoms with Gasteiger partial charge >= 0.3 is 9.05 Å². The van der Waals surface area contributed by atoms with Crippen molar-refractivity contribution in [1.82, 2.24) is 0 Å². The molecule has 6 nitrogen and oxygen atoms in total. The molecule has 0 heterocycles. The molecule has 0 saturated carbocycles. The van der Waals surface area contributed by atoms with Crippen molar-refractivity contribution in [3.05, 3.63) is 12.7 Å². The lowest BCUT2D eigenvalue weighted by Gasteiger charge is -2.07. The van der Waals surface area contributed by atoms with Crippen LogP contribution in [0.15, 0.2) is 12.7 Å². The van der Waals surface area contributed by atoms with Crippen LogP contribution in [0.3, 0.4) is 0 Å². The third-order valence-electron chi connectivity index (χ3n) is 0.685. The summed E-state index contributed by atoms with van der Waals surface area (Å²) in [5, 5.41) is 0. The summed E-state index contributed by atoms with van der Waals surface area (Å²) < 4.78 is 9.82. The smallest absolute Gasteiger partial charge is 0.368 e. The van der Waals surface area contributed by atoms with Gasteiger partial charge in [-0.25, -0.2) is 0 Å². The number of rotatable bonds is 4. The van der Waals surface area contributed by atoms with Crippen LogP contribution in [0.4, 0.5) is 0 Å². The SMILES string of the molecule is C=CCP(OC)OC.O[Si](O)(O)O. The Kier molecular flexibility index (Phi) is 10.5. The predicted octanol–water partition coefficient (Wildman–Crippen LogP) is -0.832. The Morgan fingerprint density at radius 1 is 1.23 bits per heavy atom. The van der Waals surface area contributed by atoms with Crippen LogP contribution in [0.25, 0.3) is 0 Å². The molecule has 0 spiro atoms. The summed E-state index contributed by atoms with van der Waals surface area (Å²) in [6.07, 6.45) is 2.60. The Bertz CT molecular complexity index is 117. The average Bonchev–Trinajstić information content (AvgIpc) is 1.97. The zero-order chi connectivity index (χ0) is 10.9. The lowest BCUT2D eigenvalue weighted by atomic mass is 10.8. The minimum Gasteiger partial charge on any atom is -0.368 e. The molecular formula is C5H15O6PSi. The van der Waals surface area contributed by atoms with Gasteiger partial charge in [0.25, 0.3) is 0 Å². The van der Waals surface area contributed by atoms with Crippen LogP contribution >= 0.6 is 8.38 Å². The van der Waals surface area contributed by atoms with Gasteiger partial charge in [-0.05, 0) is 0 Å². The first kappa shape index (κ1) is 15.6. The molecule has 0 rings (SSSR count). The summed E-state index contributed by atoms with van der Waals surface area (Å²) >= 11 is 0. The van der Waals surface area contributed by atoms with E-state index in [1.54, 1.807) is 20.3 Å². The van der Waals surface area contributed by atoms with Gasteiger partial charge in [-0.2, -0.15) is 0 Å². The largest absolute Gasteiger partial charge is 0.668 e. The van der Waals surface area contributed by atoms with Crippen LogP contribution in [0.5, 0.6) is 0 Å². The Hall–Kier alpha value is 0.147. The van der Waals surface area contributed by atoms with Gasteiger partial charge in [0, 0.05) is 20.4 Å². The molecule has 0 aliphatic carbocycles. The molecule has 0 amide bonds. The van der Waals surface area contributed by atoms with E-state index in [2.05, 4.69) is 6.58 Å². The van der Waals surface area contributed by atoms with Gasteiger partial charge in [0.2, 0.25) is 0 Å². The van der Waals surface area contributed by atoms with Crippen LogP contribution in [0, 0.1) is 0 Å². The van der Waals surface area contributed by atoms with Crippen molar-refractivity contribution in [1.29, 1.82) is 0 Å². The van der Waals surface area contributed by atoms with E-state index in [1.165, 1.54) is 0 Å². The highest BCUT2D eigenvalue weighted by Crippen LogP contribution is 2.35. The molecule has 0 atom stereocenters. The molecule has 4 N–H and O–H groups in total. The Labute approximate surface area is 79.5 Å². The number of hydrogen-bond donors (Lipinski definition) is 4. The highest BCUT2D eigenvalue weighted by molar-refractivity contribution is 7.47. The second-order valence-corrected chi connectivity index (χ2v) is 4.73. The monoisotopic (exact) mass is 230 g/mol. The van der Waals surface area contributed by atoms with E-state index in [9.17, 15) is 0 Å². The molecule has 0 aromatic rings. The molecule has 0 aliphatic rings. The third-order valence-corrected chi connectivity index (χ3v) is 2.06. The van der Waals surface area contributed by atoms with Gasteiger partial charge in [0.1, 0.15) is 0 Å². The minimum absolute atomic E-state index is 0.674. The van der Waals surface area contributed by atoms with Crippen LogP contribution in [-0.4, -0.2) is 48.6 Å². The van der Waals surface area contributed by atoms with Crippen LogP contribution < -0.4 is 0 Å². The van der Waals surface area contributed by atoms with Crippen molar-refractivity contribution in [2.24, 2.45) is 0 Å². The summed E-state index contributed by atoms with van der Waals surface area (Å²) in [6, 6.07) is 0. The molecule has 0 aromatic carbocycles. The quantitative estimate of drug-likeness (QED) is 0.286. The first-order valence-corrected chi connectivity index (χ1v) is 6.36. The maximum Gasteiger partial charge on any atom is 0.668 e. The number of hydrogen-bond acceptors (Lipinski definition) is 6. The fourth-order valence-electron chi connectivity index (χ4n) is 0.329. The molecular weight excluding hydrogens is 215 g/mol. The Morgan fingerprint density at radius 2 is 1.54 bits per heavy atom. The third kappa shape index (κ3) is 24.5. The fourth-order valence-corrected chi connectivity index (χ4v) is 0.987. The summed E-state index contributed by atoms with van der Waals surface area (Å²) in [5.74, 6) is 0. The average molecular weight is 230 g/mol. The molecule has 0 aromatic heterocycles. The van der Waals surface area contributed by atoms with Crippen molar-refractivity contribution in [2.45, 2.75) is 0 Å². The Morgan fingerprint density at radius 3 is 1.62 bits per heavy atom. The molecule has 80 valence electrons. The molecule has 0 aliphatic heterocycles. The molecule has 8 heteroatoms. The Balaban J connectivity index is 0. The van der Waals surface area contributed by atoms with E-state index in [1.807, 2.05) is 0 Å². The zero-order valence-corrected chi connectivity index (χ0v) is 9.44. The fraction of sp³-hybridized carbons (Fsp3) is 0.600. The maximum absolute atomic E-state index is 7.33. The van der Waals surface area contributed by atoms with Crippen molar-refractivity contribution < 1.29 is 28.2 Å². The van der Waals surface area contributed by atoms with Crippen molar-refractivity contribution >= 4 is 17.4 Å². The summed E-state index contributed by atoms with van der Waals surface area (Å²) in [6.45, 7) is 3.55. The van der Waals surface area contributed by atoms with Crippen LogP contribution in [0.1, 0.15) is 0 Å². The first-order valence-electron chi connectivity index (χ1n) is 3.21. The maximum atomic E-state index is 7.33. The van der Waals surface area contributed by atoms with E-state index in [-0.39, 0.29) is 0 Å². The topological polar surface area (TPSA) is 99.4 Å². The lowest BCUT2D eigenvalue weighted by Crippen LogP contribution is -2.33. The molecule has 0 fully saturated rings. The van der Waals surface area contributed by atoms with E-state index in [0.29, 0.717) is 0 Å². The van der Waals surface area contributed by atoms with Gasteiger partial charge in [-0.1, -0.05) is 6.08 Å². The van der Waals surface area contributed by atoms with Gasteiger partial charge in [0.05, 0.1) is 0 Å². The van der Waals surface area contributed by atoms with Crippen LogP contribution in [0.2, 0.25) is 0 Å². The second-order valence-electron chi connectivity index (χ2n) is 1.77. The van der Waals surface area contributed by atoms with Gasteiger partial charge in [-0.3, -0.25) is 0 Å². The van der Waals surface area contributed by atoms with E-state index in [0.717, 1.165) is 6.16 Å². The van der Waals surface area contributed by atoms with E-state index in [4.69, 9.17) is 28.2 Å². The normalized spacial score (nSPS) is 10.7. The van der Waals surface area contributed by atoms with E-state index < -0.39 is 17.4 Å². The van der Waals surface area contributed by atoms with Gasteiger partial charge in [-0.15, -0.1) is 6.58 Å². The molecule has 0 radical (unpaired) electrons. The van der Waals surface area contributed by atoms with Gasteiger partial charge in [0.15, 0.2) is 8.38 Å². The standard InChI is InChI=1S/C5H11O2P.H4O4Si/c1-4-5-8(6-2)7-3;1-5(2,3)4/h4H,1,5H2,2-3H3;1-4H. The van der Waals surface area contributed by atoms with Crippen molar-refractivity contribution in [3.8, 4) is 0 Å². The van der Waals surface area contributed by atoms with E-state index >= 15 is 0 Å². The summed E-state index contributed by atoms with van der Waals surface area (Å²) in [4.78, 5) is 29.3. The van der Waals surface area contributed by atoms with Crippen molar-refractivity contribution in [2.75, 3.05) is 20.4 Å². The van der Waals surface area contributed by atoms with Crippen LogP contribution in [-0.2, 0) is 9.05 Å². The molecule has 0 saturated heterocycles. The predicted molar refractivity (Wildman–Crippen MR) is 50.6 cm³/mol. The van der Waals surface area contributed by atoms with Gasteiger partial charge < -0.3 is 28.2 Å². The number of allylic oxidation sites excluding steroid dienone is 1. The first-order chi connectivity index (χ1) is 5.85. The zero-order valence-electron chi connectivity index (χ0n) is 7.54. The molecule has 0 unspecified atom stereocenters. The molecule has 13 heavy (non-hydrogen) atoms. The minimum atomic E-state index is -4.61. The summed E-state index contributed by atoms with van der Waals surface area (Å²) in [7, 11) is -2.01. The highest BCUT2D eigenvalue weighted by atomic mass is 31.2.